The highest BCUT2D eigenvalue weighted by molar-refractivity contribution is 5.33. The lowest BCUT2D eigenvalue weighted by Crippen LogP contribution is -1.98. The zero-order valence-electron chi connectivity index (χ0n) is 8.00. The van der Waals surface area contributed by atoms with Crippen LogP contribution in [0.2, 0.25) is 0 Å². The second-order valence-electron chi connectivity index (χ2n) is 3.43. The van der Waals surface area contributed by atoms with Gasteiger partial charge >= 0.3 is 0 Å². The van der Waals surface area contributed by atoms with Crippen LogP contribution in [0, 0.1) is 5.92 Å². The van der Waals surface area contributed by atoms with Crippen LogP contribution in [0.5, 0.6) is 0 Å². The Labute approximate surface area is 74.4 Å². The number of hydrogen-bond donors (Lipinski definition) is 0. The van der Waals surface area contributed by atoms with Crippen LogP contribution >= 0.6 is 0 Å². The van der Waals surface area contributed by atoms with E-state index in [9.17, 15) is 0 Å². The Morgan fingerprint density at radius 1 is 1.50 bits per heavy atom. The summed E-state index contributed by atoms with van der Waals surface area (Å²) in [6.45, 7) is 7.17. The molecule has 0 aliphatic carbocycles. The van der Waals surface area contributed by atoms with Crippen molar-refractivity contribution in [1.29, 1.82) is 0 Å². The number of rotatable bonds is 2. The summed E-state index contributed by atoms with van der Waals surface area (Å²) in [5, 5.41) is 0. The zero-order valence-corrected chi connectivity index (χ0v) is 8.00. The highest BCUT2D eigenvalue weighted by Gasteiger charge is 2.01. The molecular formula is C11H16O. The highest BCUT2D eigenvalue weighted by Crippen LogP contribution is 2.13. The fraction of sp³-hybridized carbons (Fsp3) is 0.455. The van der Waals surface area contributed by atoms with Crippen LogP contribution in [-0.4, -0.2) is 6.61 Å². The first-order valence-corrected chi connectivity index (χ1v) is 4.36. The molecule has 1 aliphatic heterocycles. The van der Waals surface area contributed by atoms with E-state index in [1.54, 1.807) is 6.26 Å². The van der Waals surface area contributed by atoms with Crippen molar-refractivity contribution in [1.82, 2.24) is 0 Å². The molecule has 0 saturated carbocycles. The maximum Gasteiger partial charge on any atom is 0.113 e. The van der Waals surface area contributed by atoms with Gasteiger partial charge in [-0.2, -0.15) is 0 Å². The molecule has 0 fully saturated rings. The molecule has 1 heterocycles. The van der Waals surface area contributed by atoms with Crippen molar-refractivity contribution in [2.45, 2.75) is 20.8 Å². The second-order valence-corrected chi connectivity index (χ2v) is 3.43. The maximum atomic E-state index is 5.20. The molecule has 1 heteroatoms. The minimum absolute atomic E-state index is 0.608. The van der Waals surface area contributed by atoms with Gasteiger partial charge in [0, 0.05) is 0 Å². The van der Waals surface area contributed by atoms with Gasteiger partial charge in [-0.05, 0) is 30.1 Å². The molecule has 0 aromatic rings. The Bertz CT molecular complexity index is 231. The van der Waals surface area contributed by atoms with Crippen LogP contribution in [-0.2, 0) is 4.74 Å². The summed E-state index contributed by atoms with van der Waals surface area (Å²) in [6.07, 6.45) is 8.11. The lowest BCUT2D eigenvalue weighted by molar-refractivity contribution is 0.277. The van der Waals surface area contributed by atoms with Crippen LogP contribution < -0.4 is 0 Å². The molecule has 12 heavy (non-hydrogen) atoms. The lowest BCUT2D eigenvalue weighted by atomic mass is 10.1. The van der Waals surface area contributed by atoms with Gasteiger partial charge in [-0.25, -0.2) is 0 Å². The molecule has 0 N–H and O–H groups in total. The first kappa shape index (κ1) is 9.11. The van der Waals surface area contributed by atoms with Gasteiger partial charge in [-0.3, -0.25) is 0 Å². The van der Waals surface area contributed by atoms with Crippen molar-refractivity contribution < 1.29 is 4.74 Å². The molecule has 0 bridgehead atoms. The third-order valence-electron chi connectivity index (χ3n) is 1.84. The molecule has 0 atom stereocenters. The summed E-state index contributed by atoms with van der Waals surface area (Å²) in [6, 6.07) is 0. The molecular weight excluding hydrogens is 148 g/mol. The average Bonchev–Trinajstić information content (AvgIpc) is 2.03. The summed E-state index contributed by atoms with van der Waals surface area (Å²) >= 11 is 0. The molecule has 0 radical (unpaired) electrons. The predicted molar refractivity (Wildman–Crippen MR) is 51.8 cm³/mol. The van der Waals surface area contributed by atoms with Gasteiger partial charge < -0.3 is 4.74 Å². The van der Waals surface area contributed by atoms with E-state index in [-0.39, 0.29) is 0 Å². The third-order valence-corrected chi connectivity index (χ3v) is 1.84. The van der Waals surface area contributed by atoms with E-state index in [4.69, 9.17) is 4.74 Å². The fourth-order valence-corrected chi connectivity index (χ4v) is 0.997. The minimum Gasteiger partial charge on any atom is -0.496 e. The highest BCUT2D eigenvalue weighted by atomic mass is 16.5. The largest absolute Gasteiger partial charge is 0.496 e. The summed E-state index contributed by atoms with van der Waals surface area (Å²) in [7, 11) is 0. The maximum absolute atomic E-state index is 5.20. The average molecular weight is 164 g/mol. The van der Waals surface area contributed by atoms with Gasteiger partial charge in [0.25, 0.3) is 0 Å². The molecule has 0 spiro atoms. The zero-order chi connectivity index (χ0) is 8.97. The van der Waals surface area contributed by atoms with E-state index < -0.39 is 0 Å². The van der Waals surface area contributed by atoms with Crippen LogP contribution in [0.4, 0.5) is 0 Å². The Morgan fingerprint density at radius 3 is 2.83 bits per heavy atom. The fourth-order valence-electron chi connectivity index (χ4n) is 0.997. The predicted octanol–water partition coefficient (Wildman–Crippen LogP) is 3.06. The molecule has 0 aromatic heterocycles. The van der Waals surface area contributed by atoms with Crippen molar-refractivity contribution >= 4 is 0 Å². The van der Waals surface area contributed by atoms with Crippen molar-refractivity contribution in [3.63, 3.8) is 0 Å². The Hall–Kier alpha value is -0.980. The topological polar surface area (TPSA) is 9.23 Å². The SMILES string of the molecule is CC1=C(/C=C/C(C)C)COC=C1. The smallest absolute Gasteiger partial charge is 0.113 e. The van der Waals surface area contributed by atoms with E-state index >= 15 is 0 Å². The molecule has 0 aromatic carbocycles. The summed E-state index contributed by atoms with van der Waals surface area (Å²) in [5.74, 6) is 0.608. The van der Waals surface area contributed by atoms with Crippen LogP contribution in [0.25, 0.3) is 0 Å². The molecule has 0 amide bonds. The lowest BCUT2D eigenvalue weighted by Gasteiger charge is -2.10. The molecule has 1 nitrogen and oxygen atoms in total. The van der Waals surface area contributed by atoms with Crippen LogP contribution in [0.3, 0.4) is 0 Å². The van der Waals surface area contributed by atoms with Gasteiger partial charge in [0.1, 0.15) is 6.61 Å². The Kier molecular flexibility index (Phi) is 3.15. The van der Waals surface area contributed by atoms with Crippen molar-refractivity contribution in [2.75, 3.05) is 6.61 Å². The first-order valence-electron chi connectivity index (χ1n) is 4.36. The Balaban J connectivity index is 2.67. The third kappa shape index (κ3) is 2.57. The monoisotopic (exact) mass is 164 g/mol. The number of hydrogen-bond acceptors (Lipinski definition) is 1. The normalized spacial score (nSPS) is 17.7. The van der Waals surface area contributed by atoms with E-state index in [2.05, 4.69) is 32.9 Å². The quantitative estimate of drug-likeness (QED) is 0.609. The minimum atomic E-state index is 0.608. The van der Waals surface area contributed by atoms with E-state index in [0.717, 1.165) is 0 Å². The summed E-state index contributed by atoms with van der Waals surface area (Å²) in [4.78, 5) is 0. The van der Waals surface area contributed by atoms with Crippen LogP contribution in [0.15, 0.2) is 35.6 Å². The van der Waals surface area contributed by atoms with Gasteiger partial charge in [0.2, 0.25) is 0 Å². The van der Waals surface area contributed by atoms with Crippen LogP contribution in [0.1, 0.15) is 20.8 Å². The van der Waals surface area contributed by atoms with Gasteiger partial charge in [0.05, 0.1) is 6.26 Å². The van der Waals surface area contributed by atoms with E-state index in [0.29, 0.717) is 12.5 Å². The molecule has 1 rings (SSSR count). The van der Waals surface area contributed by atoms with Gasteiger partial charge in [-0.15, -0.1) is 0 Å². The second kappa shape index (κ2) is 4.15. The first-order chi connectivity index (χ1) is 5.70. The molecule has 0 unspecified atom stereocenters. The molecule has 66 valence electrons. The molecule has 1 aliphatic rings. The van der Waals surface area contributed by atoms with Crippen molar-refractivity contribution in [2.24, 2.45) is 5.92 Å². The van der Waals surface area contributed by atoms with Gasteiger partial charge in [-0.1, -0.05) is 26.0 Å². The van der Waals surface area contributed by atoms with Crippen molar-refractivity contribution in [3.05, 3.63) is 35.6 Å². The van der Waals surface area contributed by atoms with E-state index in [1.807, 2.05) is 6.08 Å². The standard InChI is InChI=1S/C11H16O/c1-9(2)4-5-11-8-12-7-6-10(11)3/h4-7,9H,8H2,1-3H3/b5-4+. The van der Waals surface area contributed by atoms with Crippen molar-refractivity contribution in [3.8, 4) is 0 Å². The Morgan fingerprint density at radius 2 is 2.25 bits per heavy atom. The van der Waals surface area contributed by atoms with E-state index in [1.165, 1.54) is 11.1 Å². The van der Waals surface area contributed by atoms with Gasteiger partial charge in [0.15, 0.2) is 0 Å². The summed E-state index contributed by atoms with van der Waals surface area (Å²) in [5.41, 5.74) is 2.59. The number of ether oxygens (including phenoxy) is 1. The number of allylic oxidation sites excluding steroid dienone is 3. The summed E-state index contributed by atoms with van der Waals surface area (Å²) < 4.78 is 5.20. The molecule has 0 saturated heterocycles.